The van der Waals surface area contributed by atoms with Crippen LogP contribution >= 0.6 is 0 Å². The Hall–Kier alpha value is -1.28. The van der Waals surface area contributed by atoms with E-state index in [4.69, 9.17) is 5.73 Å². The van der Waals surface area contributed by atoms with Crippen molar-refractivity contribution in [1.82, 2.24) is 4.98 Å². The smallest absolute Gasteiger partial charge is 0.0456 e. The molecule has 3 N–H and O–H groups in total. The molecule has 0 bridgehead atoms. The zero-order valence-corrected chi connectivity index (χ0v) is 7.04. The molecule has 62 valence electrons. The Morgan fingerprint density at radius 2 is 2.08 bits per heavy atom. The van der Waals surface area contributed by atoms with E-state index >= 15 is 0 Å². The predicted octanol–water partition coefficient (Wildman–Crippen LogP) is 2.19. The van der Waals surface area contributed by atoms with Crippen LogP contribution in [0.2, 0.25) is 0 Å². The average Bonchev–Trinajstić information content (AvgIpc) is 2.46. The first-order valence-electron chi connectivity index (χ1n) is 4.10. The minimum atomic E-state index is 0.0809. The van der Waals surface area contributed by atoms with E-state index in [1.165, 1.54) is 5.39 Å². The lowest BCUT2D eigenvalue weighted by atomic mass is 10.2. The number of hydrogen-bond acceptors (Lipinski definition) is 1. The number of aromatic nitrogens is 1. The van der Waals surface area contributed by atoms with Crippen LogP contribution < -0.4 is 5.73 Å². The number of H-pyrrole nitrogens is 1. The molecular weight excluding hydrogens is 148 g/mol. The summed E-state index contributed by atoms with van der Waals surface area (Å²) in [6.07, 6.45) is 0. The molecule has 0 saturated carbocycles. The fourth-order valence-electron chi connectivity index (χ4n) is 1.34. The van der Waals surface area contributed by atoms with E-state index in [0.29, 0.717) is 0 Å². The summed E-state index contributed by atoms with van der Waals surface area (Å²) in [4.78, 5) is 3.27. The number of nitrogens with two attached hydrogens (primary N) is 1. The SMILES string of the molecule is C[C@@H](N)c1cc2ccccc2[nH]1. The molecule has 2 nitrogen and oxygen atoms in total. The topological polar surface area (TPSA) is 41.8 Å². The molecule has 1 heterocycles. The van der Waals surface area contributed by atoms with E-state index in [9.17, 15) is 0 Å². The Labute approximate surface area is 71.4 Å². The lowest BCUT2D eigenvalue weighted by molar-refractivity contribution is 0.792. The Morgan fingerprint density at radius 1 is 1.33 bits per heavy atom. The molecule has 0 aliphatic carbocycles. The first-order chi connectivity index (χ1) is 5.77. The largest absolute Gasteiger partial charge is 0.357 e. The average molecular weight is 160 g/mol. The fraction of sp³-hybridized carbons (Fsp3) is 0.200. The minimum absolute atomic E-state index is 0.0809. The summed E-state index contributed by atoms with van der Waals surface area (Å²) in [5.74, 6) is 0. The van der Waals surface area contributed by atoms with Crippen LogP contribution in [-0.2, 0) is 0 Å². The van der Waals surface area contributed by atoms with E-state index in [0.717, 1.165) is 11.2 Å². The quantitative estimate of drug-likeness (QED) is 0.659. The molecule has 1 aromatic carbocycles. The van der Waals surface area contributed by atoms with Crippen LogP contribution in [0.4, 0.5) is 0 Å². The molecule has 1 atom stereocenters. The Balaban J connectivity index is 2.62. The fourth-order valence-corrected chi connectivity index (χ4v) is 1.34. The molecule has 0 aliphatic rings. The number of fused-ring (bicyclic) bond motifs is 1. The molecule has 0 unspecified atom stereocenters. The monoisotopic (exact) mass is 160 g/mol. The molecule has 0 saturated heterocycles. The summed E-state index contributed by atoms with van der Waals surface area (Å²) in [6, 6.07) is 10.4. The Bertz CT molecular complexity index is 354. The van der Waals surface area contributed by atoms with Gasteiger partial charge in [-0.25, -0.2) is 0 Å². The van der Waals surface area contributed by atoms with Gasteiger partial charge in [0.25, 0.3) is 0 Å². The first-order valence-corrected chi connectivity index (χ1v) is 4.10. The second-order valence-electron chi connectivity index (χ2n) is 3.10. The second-order valence-corrected chi connectivity index (χ2v) is 3.10. The summed E-state index contributed by atoms with van der Waals surface area (Å²) >= 11 is 0. The molecule has 0 amide bonds. The van der Waals surface area contributed by atoms with Crippen LogP contribution in [0.1, 0.15) is 18.7 Å². The Morgan fingerprint density at radius 3 is 2.75 bits per heavy atom. The van der Waals surface area contributed by atoms with Gasteiger partial charge in [-0.1, -0.05) is 18.2 Å². The normalized spacial score (nSPS) is 13.5. The maximum absolute atomic E-state index is 5.75. The number of hydrogen-bond donors (Lipinski definition) is 2. The second kappa shape index (κ2) is 2.64. The molecule has 0 aliphatic heterocycles. The van der Waals surface area contributed by atoms with E-state index < -0.39 is 0 Å². The third-order valence-electron chi connectivity index (χ3n) is 2.04. The third kappa shape index (κ3) is 1.10. The standard InChI is InChI=1S/C10H12N2/c1-7(11)10-6-8-4-2-3-5-9(8)12-10/h2-7,12H,11H2,1H3/t7-/m1/s1. The number of aromatic amines is 1. The Kier molecular flexibility index (Phi) is 1.62. The van der Waals surface area contributed by atoms with Gasteiger partial charge >= 0.3 is 0 Å². The van der Waals surface area contributed by atoms with E-state index in [1.807, 2.05) is 19.1 Å². The van der Waals surface area contributed by atoms with Gasteiger partial charge < -0.3 is 10.7 Å². The maximum atomic E-state index is 5.75. The number of benzene rings is 1. The van der Waals surface area contributed by atoms with Crippen molar-refractivity contribution in [2.24, 2.45) is 5.73 Å². The molecule has 0 spiro atoms. The lowest BCUT2D eigenvalue weighted by Crippen LogP contribution is -2.04. The lowest BCUT2D eigenvalue weighted by Gasteiger charge is -1.98. The van der Waals surface area contributed by atoms with E-state index in [-0.39, 0.29) is 6.04 Å². The van der Waals surface area contributed by atoms with Gasteiger partial charge in [-0.15, -0.1) is 0 Å². The number of nitrogens with one attached hydrogen (secondary N) is 1. The molecule has 2 aromatic rings. The van der Waals surface area contributed by atoms with Crippen LogP contribution in [0, 0.1) is 0 Å². The molecule has 0 radical (unpaired) electrons. The summed E-state index contributed by atoms with van der Waals surface area (Å²) in [5.41, 5.74) is 8.00. The zero-order valence-electron chi connectivity index (χ0n) is 7.04. The van der Waals surface area contributed by atoms with Crippen molar-refractivity contribution in [2.45, 2.75) is 13.0 Å². The zero-order chi connectivity index (χ0) is 8.55. The molecule has 12 heavy (non-hydrogen) atoms. The maximum Gasteiger partial charge on any atom is 0.0456 e. The van der Waals surface area contributed by atoms with Crippen LogP contribution in [0.15, 0.2) is 30.3 Å². The third-order valence-corrected chi connectivity index (χ3v) is 2.04. The van der Waals surface area contributed by atoms with Gasteiger partial charge in [0, 0.05) is 17.3 Å². The van der Waals surface area contributed by atoms with Crippen molar-refractivity contribution >= 4 is 10.9 Å². The van der Waals surface area contributed by atoms with Gasteiger partial charge in [0.15, 0.2) is 0 Å². The van der Waals surface area contributed by atoms with Crippen LogP contribution in [-0.4, -0.2) is 4.98 Å². The van der Waals surface area contributed by atoms with Crippen LogP contribution in [0.25, 0.3) is 10.9 Å². The predicted molar refractivity (Wildman–Crippen MR) is 50.9 cm³/mol. The summed E-state index contributed by atoms with van der Waals surface area (Å²) < 4.78 is 0. The number of rotatable bonds is 1. The molecule has 2 heteroatoms. The van der Waals surface area contributed by atoms with Crippen molar-refractivity contribution in [3.8, 4) is 0 Å². The highest BCUT2D eigenvalue weighted by Crippen LogP contribution is 2.17. The summed E-state index contributed by atoms with van der Waals surface area (Å²) in [6.45, 7) is 1.98. The molecule has 1 aromatic heterocycles. The van der Waals surface area contributed by atoms with Gasteiger partial charge in [0.05, 0.1) is 0 Å². The minimum Gasteiger partial charge on any atom is -0.357 e. The van der Waals surface area contributed by atoms with Gasteiger partial charge in [0.2, 0.25) is 0 Å². The van der Waals surface area contributed by atoms with E-state index in [1.54, 1.807) is 0 Å². The molecule has 0 fully saturated rings. The van der Waals surface area contributed by atoms with Crippen molar-refractivity contribution in [3.05, 3.63) is 36.0 Å². The number of para-hydroxylation sites is 1. The van der Waals surface area contributed by atoms with Crippen molar-refractivity contribution in [1.29, 1.82) is 0 Å². The van der Waals surface area contributed by atoms with Gasteiger partial charge in [-0.3, -0.25) is 0 Å². The van der Waals surface area contributed by atoms with Crippen LogP contribution in [0.3, 0.4) is 0 Å². The summed E-state index contributed by atoms with van der Waals surface area (Å²) in [7, 11) is 0. The highest BCUT2D eigenvalue weighted by molar-refractivity contribution is 5.80. The van der Waals surface area contributed by atoms with Gasteiger partial charge in [-0.05, 0) is 24.4 Å². The molecular formula is C10H12N2. The van der Waals surface area contributed by atoms with Crippen molar-refractivity contribution < 1.29 is 0 Å². The molecule has 2 rings (SSSR count). The van der Waals surface area contributed by atoms with Crippen molar-refractivity contribution in [2.75, 3.05) is 0 Å². The van der Waals surface area contributed by atoms with Crippen molar-refractivity contribution in [3.63, 3.8) is 0 Å². The summed E-state index contributed by atoms with van der Waals surface area (Å²) in [5, 5.41) is 1.23. The van der Waals surface area contributed by atoms with Crippen LogP contribution in [0.5, 0.6) is 0 Å². The van der Waals surface area contributed by atoms with E-state index in [2.05, 4.69) is 23.2 Å². The first kappa shape index (κ1) is 7.37. The van der Waals surface area contributed by atoms with Gasteiger partial charge in [0.1, 0.15) is 0 Å². The highest BCUT2D eigenvalue weighted by Gasteiger charge is 2.02. The van der Waals surface area contributed by atoms with Gasteiger partial charge in [-0.2, -0.15) is 0 Å². The highest BCUT2D eigenvalue weighted by atomic mass is 14.8.